The number of likely N-dealkylation sites (tertiary alicyclic amines) is 1. The maximum atomic E-state index is 12.8. The minimum atomic E-state index is -0.491. The molecule has 2 aliphatic heterocycles. The number of anilines is 1. The van der Waals surface area contributed by atoms with Gasteiger partial charge in [-0.2, -0.15) is 0 Å². The van der Waals surface area contributed by atoms with E-state index in [9.17, 15) is 4.79 Å². The molecule has 1 aromatic heterocycles. The lowest BCUT2D eigenvalue weighted by Crippen LogP contribution is -2.47. The Morgan fingerprint density at radius 2 is 2.03 bits per heavy atom. The Labute approximate surface area is 170 Å². The van der Waals surface area contributed by atoms with Gasteiger partial charge in [-0.05, 0) is 30.2 Å². The summed E-state index contributed by atoms with van der Waals surface area (Å²) in [5.41, 5.74) is 1.55. The van der Waals surface area contributed by atoms with Crippen LogP contribution in [0.15, 0.2) is 36.5 Å². The van der Waals surface area contributed by atoms with Crippen LogP contribution in [0.25, 0.3) is 0 Å². The molecule has 4 rings (SSSR count). The highest BCUT2D eigenvalue weighted by atomic mass is 16.7. The number of ether oxygens (including phenoxy) is 3. The van der Waals surface area contributed by atoms with Crippen LogP contribution < -0.4 is 10.1 Å². The Kier molecular flexibility index (Phi) is 5.92. The van der Waals surface area contributed by atoms with Crippen molar-refractivity contribution in [3.63, 3.8) is 0 Å². The lowest BCUT2D eigenvalue weighted by molar-refractivity contribution is -0.181. The van der Waals surface area contributed by atoms with Gasteiger partial charge in [0.15, 0.2) is 5.79 Å². The fourth-order valence-corrected chi connectivity index (χ4v) is 3.71. The smallest absolute Gasteiger partial charge is 0.272 e. The predicted molar refractivity (Wildman–Crippen MR) is 107 cm³/mol. The van der Waals surface area contributed by atoms with E-state index in [0.29, 0.717) is 57.3 Å². The Hall–Kier alpha value is -2.71. The number of nitrogens with zero attached hydrogens (tertiary/aromatic N) is 3. The summed E-state index contributed by atoms with van der Waals surface area (Å²) in [5, 5.41) is 3.19. The summed E-state index contributed by atoms with van der Waals surface area (Å²) in [5.74, 6) is 0.712. The molecule has 0 unspecified atom stereocenters. The fourth-order valence-electron chi connectivity index (χ4n) is 3.71. The van der Waals surface area contributed by atoms with E-state index in [0.717, 1.165) is 17.7 Å². The Morgan fingerprint density at radius 3 is 2.79 bits per heavy atom. The largest absolute Gasteiger partial charge is 0.497 e. The predicted octanol–water partition coefficient (Wildman–Crippen LogP) is 2.12. The van der Waals surface area contributed by atoms with Gasteiger partial charge in [-0.25, -0.2) is 9.97 Å². The van der Waals surface area contributed by atoms with Gasteiger partial charge in [-0.3, -0.25) is 4.79 Å². The van der Waals surface area contributed by atoms with Crippen molar-refractivity contribution in [2.24, 2.45) is 0 Å². The molecule has 154 valence electrons. The molecule has 0 bridgehead atoms. The number of hydrogen-bond acceptors (Lipinski definition) is 7. The van der Waals surface area contributed by atoms with Gasteiger partial charge in [0.25, 0.3) is 5.91 Å². The first-order chi connectivity index (χ1) is 14.2. The molecule has 1 N–H and O–H groups in total. The Bertz CT molecular complexity index is 844. The van der Waals surface area contributed by atoms with Gasteiger partial charge in [0, 0.05) is 38.7 Å². The van der Waals surface area contributed by atoms with Crippen molar-refractivity contribution in [1.82, 2.24) is 14.9 Å². The molecule has 2 aliphatic rings. The third kappa shape index (κ3) is 4.65. The van der Waals surface area contributed by atoms with Crippen LogP contribution in [0.5, 0.6) is 5.75 Å². The molecule has 0 atom stereocenters. The zero-order chi connectivity index (χ0) is 20.1. The van der Waals surface area contributed by atoms with Crippen molar-refractivity contribution in [3.05, 3.63) is 47.8 Å². The Morgan fingerprint density at radius 1 is 1.24 bits per heavy atom. The van der Waals surface area contributed by atoms with Gasteiger partial charge in [0.2, 0.25) is 5.95 Å². The number of hydrogen-bond donors (Lipinski definition) is 1. The molecule has 0 aliphatic carbocycles. The van der Waals surface area contributed by atoms with Crippen LogP contribution in [0.4, 0.5) is 5.95 Å². The van der Waals surface area contributed by atoms with Gasteiger partial charge in [-0.1, -0.05) is 12.1 Å². The third-order valence-electron chi connectivity index (χ3n) is 5.33. The van der Waals surface area contributed by atoms with Crippen molar-refractivity contribution in [3.8, 4) is 5.75 Å². The lowest BCUT2D eigenvalue weighted by Gasteiger charge is -2.37. The van der Waals surface area contributed by atoms with Crippen LogP contribution >= 0.6 is 0 Å². The highest BCUT2D eigenvalue weighted by Crippen LogP contribution is 2.31. The monoisotopic (exact) mass is 398 g/mol. The summed E-state index contributed by atoms with van der Waals surface area (Å²) in [7, 11) is 1.66. The van der Waals surface area contributed by atoms with Crippen LogP contribution in [0.3, 0.4) is 0 Å². The topological polar surface area (TPSA) is 85.8 Å². The molecule has 2 fully saturated rings. The fraction of sp³-hybridized carbons (Fsp3) is 0.476. The number of aromatic nitrogens is 2. The van der Waals surface area contributed by atoms with Gasteiger partial charge in [0.05, 0.1) is 20.3 Å². The molecule has 8 nitrogen and oxygen atoms in total. The molecule has 8 heteroatoms. The van der Waals surface area contributed by atoms with E-state index in [1.807, 2.05) is 24.3 Å². The SMILES string of the molecule is COc1cccc(CCNc2nccc(C(=O)N3CCC4(CC3)OCCO4)n2)c1. The van der Waals surface area contributed by atoms with E-state index >= 15 is 0 Å². The van der Waals surface area contributed by atoms with E-state index in [1.54, 1.807) is 24.3 Å². The van der Waals surface area contributed by atoms with Crippen LogP contribution in [-0.4, -0.2) is 66.5 Å². The molecule has 2 saturated heterocycles. The Balaban J connectivity index is 1.31. The van der Waals surface area contributed by atoms with E-state index in [4.69, 9.17) is 14.2 Å². The number of carbonyl (C=O) groups excluding carboxylic acids is 1. The second-order valence-electron chi connectivity index (χ2n) is 7.19. The molecule has 29 heavy (non-hydrogen) atoms. The van der Waals surface area contributed by atoms with Crippen LogP contribution in [-0.2, 0) is 15.9 Å². The number of carbonyl (C=O) groups is 1. The zero-order valence-electron chi connectivity index (χ0n) is 16.6. The maximum absolute atomic E-state index is 12.8. The first kappa shape index (κ1) is 19.6. The second-order valence-corrected chi connectivity index (χ2v) is 7.19. The number of amides is 1. The van der Waals surface area contributed by atoms with E-state index in [1.165, 1.54) is 0 Å². The van der Waals surface area contributed by atoms with E-state index < -0.39 is 5.79 Å². The number of piperidine rings is 1. The van der Waals surface area contributed by atoms with Crippen molar-refractivity contribution in [2.75, 3.05) is 45.3 Å². The van der Waals surface area contributed by atoms with Crippen molar-refractivity contribution < 1.29 is 19.0 Å². The van der Waals surface area contributed by atoms with Gasteiger partial charge in [0.1, 0.15) is 11.4 Å². The summed E-state index contributed by atoms with van der Waals surface area (Å²) in [6.07, 6.45) is 3.79. The molecule has 1 spiro atoms. The summed E-state index contributed by atoms with van der Waals surface area (Å²) in [6.45, 7) is 3.11. The third-order valence-corrected chi connectivity index (χ3v) is 5.33. The average molecular weight is 398 g/mol. The average Bonchev–Trinajstić information content (AvgIpc) is 3.22. The summed E-state index contributed by atoms with van der Waals surface area (Å²) in [4.78, 5) is 23.3. The van der Waals surface area contributed by atoms with Gasteiger partial charge < -0.3 is 24.4 Å². The van der Waals surface area contributed by atoms with Crippen molar-refractivity contribution in [1.29, 1.82) is 0 Å². The lowest BCUT2D eigenvalue weighted by atomic mass is 10.0. The van der Waals surface area contributed by atoms with Crippen molar-refractivity contribution in [2.45, 2.75) is 25.0 Å². The molecular formula is C21H26N4O4. The van der Waals surface area contributed by atoms with Gasteiger partial charge >= 0.3 is 0 Å². The molecule has 3 heterocycles. The maximum Gasteiger partial charge on any atom is 0.272 e. The van der Waals surface area contributed by atoms with Crippen molar-refractivity contribution >= 4 is 11.9 Å². The summed E-state index contributed by atoms with van der Waals surface area (Å²) in [6, 6.07) is 9.59. The molecule has 1 amide bonds. The molecule has 1 aromatic carbocycles. The van der Waals surface area contributed by atoms with Crippen LogP contribution in [0.2, 0.25) is 0 Å². The highest BCUT2D eigenvalue weighted by molar-refractivity contribution is 5.92. The first-order valence-electron chi connectivity index (χ1n) is 9.94. The standard InChI is InChI=1S/C21H26N4O4/c1-27-17-4-2-3-16(15-17)5-9-22-20-23-10-6-18(24-20)19(26)25-11-7-21(8-12-25)28-13-14-29-21/h2-4,6,10,15H,5,7-9,11-14H2,1H3,(H,22,23,24). The highest BCUT2D eigenvalue weighted by Gasteiger charge is 2.41. The van der Waals surface area contributed by atoms with Crippen LogP contribution in [0, 0.1) is 0 Å². The van der Waals surface area contributed by atoms with E-state index in [2.05, 4.69) is 15.3 Å². The number of methoxy groups -OCH3 is 1. The first-order valence-corrected chi connectivity index (χ1v) is 9.94. The quantitative estimate of drug-likeness (QED) is 0.798. The van der Waals surface area contributed by atoms with Gasteiger partial charge in [-0.15, -0.1) is 0 Å². The molecular weight excluding hydrogens is 372 g/mol. The van der Waals surface area contributed by atoms with E-state index in [-0.39, 0.29) is 5.91 Å². The minimum absolute atomic E-state index is 0.0870. The number of benzene rings is 1. The number of nitrogens with one attached hydrogen (secondary N) is 1. The minimum Gasteiger partial charge on any atom is -0.497 e. The number of rotatable bonds is 6. The zero-order valence-corrected chi connectivity index (χ0v) is 16.6. The molecule has 0 radical (unpaired) electrons. The normalized spacial score (nSPS) is 18.0. The van der Waals surface area contributed by atoms with Crippen LogP contribution in [0.1, 0.15) is 28.9 Å². The second kappa shape index (κ2) is 8.75. The molecule has 2 aromatic rings. The molecule has 0 saturated carbocycles. The summed E-state index contributed by atoms with van der Waals surface area (Å²) >= 11 is 0. The summed E-state index contributed by atoms with van der Waals surface area (Å²) < 4.78 is 16.7.